The van der Waals surface area contributed by atoms with E-state index in [0.29, 0.717) is 5.56 Å². The Morgan fingerprint density at radius 1 is 1.45 bits per heavy atom. The maximum atomic E-state index is 13.6. The van der Waals surface area contributed by atoms with Crippen molar-refractivity contribution in [2.24, 2.45) is 0 Å². The predicted octanol–water partition coefficient (Wildman–Crippen LogP) is 2.87. The van der Waals surface area contributed by atoms with Gasteiger partial charge in [0.15, 0.2) is 11.6 Å². The minimum atomic E-state index is -1.10. The highest BCUT2D eigenvalue weighted by atomic mass is 19.2. The van der Waals surface area contributed by atoms with Crippen LogP contribution in [0.4, 0.5) is 8.78 Å². The van der Waals surface area contributed by atoms with Crippen LogP contribution in [0.15, 0.2) is 24.3 Å². The van der Waals surface area contributed by atoms with Crippen LogP contribution in [0.25, 0.3) is 5.57 Å². The number of carbonyl (C=O) groups is 1. The van der Waals surface area contributed by atoms with Crippen LogP contribution in [-0.4, -0.2) is 21.1 Å². The summed E-state index contributed by atoms with van der Waals surface area (Å²) < 4.78 is 36.1. The van der Waals surface area contributed by atoms with Crippen LogP contribution in [0.1, 0.15) is 18.1 Å². The molecule has 0 atom stereocenters. The third-order valence-electron chi connectivity index (χ3n) is 2.89. The van der Waals surface area contributed by atoms with Gasteiger partial charge in [-0.3, -0.25) is 0 Å². The lowest BCUT2D eigenvalue weighted by Gasteiger charge is -2.15. The molecule has 0 heterocycles. The average molecular weight is 278 g/mol. The van der Waals surface area contributed by atoms with Crippen molar-refractivity contribution in [1.29, 1.82) is 0 Å². The Hall–Kier alpha value is -2.11. The van der Waals surface area contributed by atoms with Gasteiger partial charge in [-0.15, -0.1) is 0 Å². The highest BCUT2D eigenvalue weighted by Gasteiger charge is 2.21. The zero-order valence-electron chi connectivity index (χ0n) is 11.4. The van der Waals surface area contributed by atoms with Gasteiger partial charge in [0.05, 0.1) is 12.7 Å². The summed E-state index contributed by atoms with van der Waals surface area (Å²) in [6.45, 7) is 6.81. The average Bonchev–Trinajstić information content (AvgIpc) is 2.43. The molecule has 0 aromatic heterocycles. The first-order valence-corrected chi connectivity index (χ1v) is 5.68. The van der Waals surface area contributed by atoms with E-state index in [0.717, 1.165) is 6.07 Å². The molecular formula is C14H13BF2O3. The van der Waals surface area contributed by atoms with Gasteiger partial charge in [0.25, 0.3) is 0 Å². The lowest BCUT2D eigenvalue weighted by molar-refractivity contribution is -0.129. The van der Waals surface area contributed by atoms with Gasteiger partial charge in [-0.25, -0.2) is 9.18 Å². The first kappa shape index (κ1) is 16.0. The molecule has 6 heteroatoms. The van der Waals surface area contributed by atoms with E-state index in [4.69, 9.17) is 12.8 Å². The summed E-state index contributed by atoms with van der Waals surface area (Å²) >= 11 is 0. The fourth-order valence-electron chi connectivity index (χ4n) is 1.87. The molecule has 104 valence electrons. The van der Waals surface area contributed by atoms with E-state index in [1.807, 2.05) is 0 Å². The SMILES string of the molecule is [B]OC(=O)/C(=C/C)C(=C)c1cc(F)c(F)c(OC)c1C. The number of halogens is 2. The molecule has 0 spiro atoms. The monoisotopic (exact) mass is 278 g/mol. The van der Waals surface area contributed by atoms with Crippen LogP contribution >= 0.6 is 0 Å². The summed E-state index contributed by atoms with van der Waals surface area (Å²) in [5.74, 6) is -3.25. The number of methoxy groups -OCH3 is 1. The number of hydrogen-bond donors (Lipinski definition) is 0. The second kappa shape index (κ2) is 6.37. The highest BCUT2D eigenvalue weighted by Crippen LogP contribution is 2.33. The van der Waals surface area contributed by atoms with E-state index < -0.39 is 17.6 Å². The van der Waals surface area contributed by atoms with Gasteiger partial charge in [-0.1, -0.05) is 12.7 Å². The number of ether oxygens (including phenoxy) is 1. The summed E-state index contributed by atoms with van der Waals surface area (Å²) in [6, 6.07) is 0.947. The molecule has 0 saturated carbocycles. The van der Waals surface area contributed by atoms with Crippen molar-refractivity contribution in [2.45, 2.75) is 13.8 Å². The molecular weight excluding hydrogens is 265 g/mol. The van der Waals surface area contributed by atoms with E-state index in [1.165, 1.54) is 20.1 Å². The Balaban J connectivity index is 3.44. The molecule has 0 fully saturated rings. The van der Waals surface area contributed by atoms with E-state index >= 15 is 0 Å². The molecule has 0 aliphatic heterocycles. The van der Waals surface area contributed by atoms with Crippen molar-refractivity contribution in [2.75, 3.05) is 7.11 Å². The first-order chi connectivity index (χ1) is 9.38. The van der Waals surface area contributed by atoms with Crippen LogP contribution < -0.4 is 4.74 Å². The Morgan fingerprint density at radius 3 is 2.50 bits per heavy atom. The Morgan fingerprint density at radius 2 is 2.05 bits per heavy atom. The van der Waals surface area contributed by atoms with Crippen molar-refractivity contribution in [3.8, 4) is 5.75 Å². The van der Waals surface area contributed by atoms with Gasteiger partial charge < -0.3 is 9.39 Å². The zero-order chi connectivity index (χ0) is 15.4. The van der Waals surface area contributed by atoms with E-state index in [2.05, 4.69) is 11.2 Å². The molecule has 0 aliphatic carbocycles. The number of allylic oxidation sites excluding steroid dienone is 1. The van der Waals surface area contributed by atoms with Crippen molar-refractivity contribution < 1.29 is 23.0 Å². The summed E-state index contributed by atoms with van der Waals surface area (Å²) in [6.07, 6.45) is 1.42. The fraction of sp³-hybridized carbons (Fsp3) is 0.214. The Kier molecular flexibility index (Phi) is 5.08. The van der Waals surface area contributed by atoms with Gasteiger partial charge in [-0.2, -0.15) is 4.39 Å². The molecule has 1 aromatic rings. The predicted molar refractivity (Wildman–Crippen MR) is 72.3 cm³/mol. The maximum Gasteiger partial charge on any atom is 0.378 e. The molecule has 0 saturated heterocycles. The highest BCUT2D eigenvalue weighted by molar-refractivity contribution is 6.15. The molecule has 2 radical (unpaired) electrons. The summed E-state index contributed by atoms with van der Waals surface area (Å²) in [4.78, 5) is 11.5. The minimum absolute atomic E-state index is 0.0589. The van der Waals surface area contributed by atoms with Gasteiger partial charge in [0.2, 0.25) is 5.82 Å². The third kappa shape index (κ3) is 2.74. The van der Waals surface area contributed by atoms with Crippen LogP contribution in [0, 0.1) is 18.6 Å². The quantitative estimate of drug-likeness (QED) is 0.482. The number of carbonyl (C=O) groups excluding carboxylic acids is 1. The van der Waals surface area contributed by atoms with Crippen molar-refractivity contribution in [3.63, 3.8) is 0 Å². The molecule has 0 bridgehead atoms. The largest absolute Gasteiger partial charge is 0.540 e. The zero-order valence-corrected chi connectivity index (χ0v) is 11.4. The van der Waals surface area contributed by atoms with Crippen molar-refractivity contribution in [3.05, 3.63) is 47.1 Å². The van der Waals surface area contributed by atoms with Crippen molar-refractivity contribution >= 4 is 19.6 Å². The van der Waals surface area contributed by atoms with Gasteiger partial charge in [-0.05, 0) is 31.1 Å². The molecule has 20 heavy (non-hydrogen) atoms. The Labute approximate surface area is 117 Å². The van der Waals surface area contributed by atoms with Crippen LogP contribution in [0.5, 0.6) is 5.75 Å². The number of benzene rings is 1. The van der Waals surface area contributed by atoms with Gasteiger partial charge in [0.1, 0.15) is 0 Å². The molecule has 1 rings (SSSR count). The number of hydrogen-bond acceptors (Lipinski definition) is 3. The summed E-state index contributed by atoms with van der Waals surface area (Å²) in [7, 11) is 6.05. The number of rotatable bonds is 4. The van der Waals surface area contributed by atoms with Crippen LogP contribution in [-0.2, 0) is 9.45 Å². The normalized spacial score (nSPS) is 11.2. The smallest absolute Gasteiger partial charge is 0.378 e. The maximum absolute atomic E-state index is 13.6. The molecule has 1 aromatic carbocycles. The van der Waals surface area contributed by atoms with Crippen molar-refractivity contribution in [1.82, 2.24) is 0 Å². The topological polar surface area (TPSA) is 35.5 Å². The molecule has 0 amide bonds. The second-order valence-electron chi connectivity index (χ2n) is 3.96. The third-order valence-corrected chi connectivity index (χ3v) is 2.89. The van der Waals surface area contributed by atoms with Crippen LogP contribution in [0.3, 0.4) is 0 Å². The second-order valence-corrected chi connectivity index (χ2v) is 3.96. The lowest BCUT2D eigenvalue weighted by Crippen LogP contribution is -2.09. The summed E-state index contributed by atoms with van der Waals surface area (Å²) in [5, 5.41) is 0. The van der Waals surface area contributed by atoms with Gasteiger partial charge >= 0.3 is 14.0 Å². The van der Waals surface area contributed by atoms with E-state index in [1.54, 1.807) is 6.92 Å². The molecule has 0 aliphatic rings. The first-order valence-electron chi connectivity index (χ1n) is 5.68. The van der Waals surface area contributed by atoms with Gasteiger partial charge in [0, 0.05) is 5.56 Å². The van der Waals surface area contributed by atoms with Crippen LogP contribution in [0.2, 0.25) is 0 Å². The lowest BCUT2D eigenvalue weighted by atomic mass is 9.94. The minimum Gasteiger partial charge on any atom is -0.540 e. The standard InChI is InChI=1S/C14H13BF2O3/c1-5-9(14(18)20-15)7(2)10-6-11(16)12(17)13(19-4)8(10)3/h5-6H,2H2,1,3-4H3/b9-5+. The molecule has 3 nitrogen and oxygen atoms in total. The van der Waals surface area contributed by atoms with E-state index in [9.17, 15) is 13.6 Å². The summed E-state index contributed by atoms with van der Waals surface area (Å²) in [5.41, 5.74) is 0.779. The molecule has 0 unspecified atom stereocenters. The Bertz CT molecular complexity index is 595. The molecule has 0 N–H and O–H groups in total. The fourth-order valence-corrected chi connectivity index (χ4v) is 1.87. The van der Waals surface area contributed by atoms with E-state index in [-0.39, 0.29) is 22.5 Å².